The van der Waals surface area contributed by atoms with Gasteiger partial charge < -0.3 is 21.5 Å². The highest BCUT2D eigenvalue weighted by molar-refractivity contribution is 7.98. The van der Waals surface area contributed by atoms with Crippen LogP contribution in [0.5, 0.6) is 0 Å². The van der Waals surface area contributed by atoms with Crippen LogP contribution in [0.25, 0.3) is 5.65 Å². The number of carboxylic acid groups (broad SMARTS) is 1. The molecule has 3 aromatic heterocycles. The minimum absolute atomic E-state index is 0.114. The Morgan fingerprint density at radius 2 is 1.41 bits per heavy atom. The van der Waals surface area contributed by atoms with Crippen LogP contribution in [0.1, 0.15) is 31.8 Å². The molecule has 1 amide bonds. The van der Waals surface area contributed by atoms with E-state index in [1.807, 2.05) is 6.26 Å². The molecule has 0 saturated heterocycles. The van der Waals surface area contributed by atoms with Gasteiger partial charge in [0.25, 0.3) is 5.91 Å². The number of fused-ring (bicyclic) bond motifs is 1. The molecule has 46 heavy (non-hydrogen) atoms. The van der Waals surface area contributed by atoms with Crippen molar-refractivity contribution in [1.82, 2.24) is 35.0 Å². The molecule has 0 atom stereocenters. The van der Waals surface area contributed by atoms with Gasteiger partial charge in [-0.05, 0) is 58.3 Å². The second-order valence-corrected chi connectivity index (χ2v) is 12.4. The summed E-state index contributed by atoms with van der Waals surface area (Å²) in [4.78, 5) is 35.6. The number of rotatable bonds is 10. The Bertz CT molecular complexity index is 1930. The Morgan fingerprint density at radius 1 is 0.848 bits per heavy atom. The summed E-state index contributed by atoms with van der Waals surface area (Å²) in [6.07, 6.45) is 3.60. The number of halogens is 5. The number of nitrogens with one attached hydrogen (secondary N) is 2. The van der Waals surface area contributed by atoms with E-state index >= 15 is 0 Å². The lowest BCUT2D eigenvalue weighted by Gasteiger charge is -2.12. The monoisotopic (exact) mass is 760 g/mol. The van der Waals surface area contributed by atoms with Gasteiger partial charge in [-0.2, -0.15) is 4.52 Å². The molecule has 2 aromatic carbocycles. The Morgan fingerprint density at radius 3 is 1.89 bits per heavy atom. The molecule has 13 nitrogen and oxygen atoms in total. The van der Waals surface area contributed by atoms with Crippen molar-refractivity contribution < 1.29 is 14.7 Å². The number of tetrazole rings is 1. The van der Waals surface area contributed by atoms with E-state index in [1.54, 1.807) is 42.7 Å². The first kappa shape index (κ1) is 35.5. The number of carbonyl (C=O) groups excluding carboxylic acids is 1. The third-order valence-corrected chi connectivity index (χ3v) is 8.54. The van der Waals surface area contributed by atoms with E-state index in [1.165, 1.54) is 28.0 Å². The van der Waals surface area contributed by atoms with Gasteiger partial charge in [0.2, 0.25) is 0 Å². The van der Waals surface area contributed by atoms with Gasteiger partial charge in [0.1, 0.15) is 27.9 Å². The summed E-state index contributed by atoms with van der Waals surface area (Å²) >= 11 is 32.5. The highest BCUT2D eigenvalue weighted by Crippen LogP contribution is 2.28. The first-order valence-corrected chi connectivity index (χ1v) is 16.9. The highest BCUT2D eigenvalue weighted by atomic mass is 35.5. The van der Waals surface area contributed by atoms with Gasteiger partial charge in [0.05, 0.1) is 0 Å². The van der Waals surface area contributed by atoms with Gasteiger partial charge in [-0.25, -0.2) is 19.7 Å². The Hall–Kier alpha value is -3.31. The standard InChI is InChI=1S/C13H10Cl3N3O2S.C13H11Cl2N7OS/c1-22-13-18-10(16)9(12(20)21)11(19-13)17-5-6-2-3-7(14)4-8(6)15;1-24-13-18-11(9(10(16)23)12-19-20-21-22(12)13)17-5-6-2-3-7(14)4-8(6)15/h2-4H,5H2,1H3,(H,20,21)(H,17,18,19);2-4,17H,5H2,1H3,(H2,16,23). The molecule has 240 valence electrons. The zero-order valence-corrected chi connectivity index (χ0v) is 29.0. The maximum Gasteiger partial charge on any atom is 0.342 e. The van der Waals surface area contributed by atoms with Gasteiger partial charge in [-0.1, -0.05) is 93.7 Å². The van der Waals surface area contributed by atoms with Crippen LogP contribution in [0.3, 0.4) is 0 Å². The number of aromatic nitrogens is 7. The van der Waals surface area contributed by atoms with Gasteiger partial charge in [0.15, 0.2) is 16.0 Å². The number of aromatic carboxylic acids is 1. The van der Waals surface area contributed by atoms with Gasteiger partial charge in [-0.3, -0.25) is 4.79 Å². The van der Waals surface area contributed by atoms with Crippen molar-refractivity contribution in [3.63, 3.8) is 0 Å². The van der Waals surface area contributed by atoms with Crippen LogP contribution in [0, 0.1) is 0 Å². The number of amides is 1. The van der Waals surface area contributed by atoms with Gasteiger partial charge in [-0.15, -0.1) is 5.10 Å². The fourth-order valence-electron chi connectivity index (χ4n) is 3.77. The summed E-state index contributed by atoms with van der Waals surface area (Å²) in [5, 5.41) is 29.3. The molecule has 0 spiro atoms. The van der Waals surface area contributed by atoms with Gasteiger partial charge in [0, 0.05) is 33.2 Å². The number of nitrogens with two attached hydrogens (primary N) is 1. The largest absolute Gasteiger partial charge is 0.477 e. The molecule has 0 aliphatic heterocycles. The molecule has 0 aliphatic rings. The molecular weight excluding hydrogens is 742 g/mol. The summed E-state index contributed by atoms with van der Waals surface area (Å²) in [5.41, 5.74) is 7.20. The summed E-state index contributed by atoms with van der Waals surface area (Å²) in [6, 6.07) is 10.2. The third-order valence-electron chi connectivity index (χ3n) is 5.91. The molecule has 0 aliphatic carbocycles. The van der Waals surface area contributed by atoms with E-state index < -0.39 is 11.9 Å². The zero-order valence-electron chi connectivity index (χ0n) is 23.6. The lowest BCUT2D eigenvalue weighted by molar-refractivity contribution is 0.0696. The average molecular weight is 763 g/mol. The van der Waals surface area contributed by atoms with E-state index in [-0.39, 0.29) is 34.3 Å². The van der Waals surface area contributed by atoms with Crippen molar-refractivity contribution in [2.75, 3.05) is 23.1 Å². The number of nitrogens with zero attached hydrogens (tertiary/aromatic N) is 7. The van der Waals surface area contributed by atoms with E-state index in [4.69, 9.17) is 63.7 Å². The third kappa shape index (κ3) is 8.53. The average Bonchev–Trinajstić information content (AvgIpc) is 3.49. The van der Waals surface area contributed by atoms with Crippen molar-refractivity contribution in [2.24, 2.45) is 5.73 Å². The number of carboxylic acids is 1. The van der Waals surface area contributed by atoms with Crippen molar-refractivity contribution >= 4 is 111 Å². The smallest absolute Gasteiger partial charge is 0.342 e. The molecule has 3 heterocycles. The summed E-state index contributed by atoms with van der Waals surface area (Å²) in [5.74, 6) is -1.45. The van der Waals surface area contributed by atoms with Crippen LogP contribution >= 0.6 is 81.5 Å². The molecule has 5 aromatic rings. The molecular formula is C26H21Cl5N10O3S2. The molecule has 5 rings (SSSR count). The summed E-state index contributed by atoms with van der Waals surface area (Å²) < 4.78 is 1.37. The minimum atomic E-state index is -1.21. The Balaban J connectivity index is 0.000000210. The molecule has 5 N–H and O–H groups in total. The van der Waals surface area contributed by atoms with Crippen LogP contribution in [-0.2, 0) is 13.1 Å². The number of hydrogen-bond donors (Lipinski definition) is 4. The van der Waals surface area contributed by atoms with Crippen molar-refractivity contribution in [3.8, 4) is 0 Å². The van der Waals surface area contributed by atoms with Crippen molar-refractivity contribution in [3.05, 3.63) is 83.9 Å². The molecule has 0 bridgehead atoms. The van der Waals surface area contributed by atoms with Crippen LogP contribution in [-0.4, -0.2) is 64.5 Å². The second-order valence-electron chi connectivity index (χ2n) is 8.81. The predicted molar refractivity (Wildman–Crippen MR) is 182 cm³/mol. The van der Waals surface area contributed by atoms with E-state index in [2.05, 4.69) is 41.1 Å². The molecule has 0 fully saturated rings. The second kappa shape index (κ2) is 16.0. The van der Waals surface area contributed by atoms with Crippen LogP contribution in [0.4, 0.5) is 11.6 Å². The normalized spacial score (nSPS) is 10.8. The highest BCUT2D eigenvalue weighted by Gasteiger charge is 2.21. The van der Waals surface area contributed by atoms with E-state index in [0.29, 0.717) is 42.8 Å². The minimum Gasteiger partial charge on any atom is -0.477 e. The molecule has 0 unspecified atom stereocenters. The van der Waals surface area contributed by atoms with Crippen LogP contribution in [0.15, 0.2) is 46.7 Å². The fraction of sp³-hybridized carbons (Fsp3) is 0.154. The van der Waals surface area contributed by atoms with Crippen molar-refractivity contribution in [1.29, 1.82) is 0 Å². The van der Waals surface area contributed by atoms with Crippen molar-refractivity contribution in [2.45, 2.75) is 23.4 Å². The Kier molecular flexibility index (Phi) is 12.4. The number of anilines is 2. The first-order valence-electron chi connectivity index (χ1n) is 12.6. The SMILES string of the molecule is CSc1nc(Cl)c(C(=O)O)c(NCc2ccc(Cl)cc2Cl)n1.CSc1nc(NCc2ccc(Cl)cc2Cl)c(C(N)=O)c2nnnn12. The maximum atomic E-state index is 11.8. The fourth-order valence-corrected chi connectivity index (χ4v) is 5.87. The summed E-state index contributed by atoms with van der Waals surface area (Å²) in [6.45, 7) is 0.603. The molecule has 0 radical (unpaired) electrons. The number of thioether (sulfide) groups is 2. The van der Waals surface area contributed by atoms with Crippen LogP contribution < -0.4 is 16.4 Å². The molecule has 20 heteroatoms. The zero-order chi connectivity index (χ0) is 33.5. The number of hydrogen-bond acceptors (Lipinski definition) is 12. The number of benzene rings is 2. The van der Waals surface area contributed by atoms with E-state index in [9.17, 15) is 14.7 Å². The maximum absolute atomic E-state index is 11.8. The predicted octanol–water partition coefficient (Wildman–Crippen LogP) is 6.73. The number of carbonyl (C=O) groups is 2. The summed E-state index contributed by atoms with van der Waals surface area (Å²) in [7, 11) is 0. The lowest BCUT2D eigenvalue weighted by Crippen LogP contribution is -2.18. The lowest BCUT2D eigenvalue weighted by atomic mass is 10.2. The first-order chi connectivity index (χ1) is 21.9. The van der Waals surface area contributed by atoms with E-state index in [0.717, 1.165) is 11.1 Å². The topological polar surface area (TPSA) is 186 Å². The van der Waals surface area contributed by atoms with Crippen LogP contribution in [0.2, 0.25) is 25.2 Å². The number of primary amides is 1. The Labute approximate surface area is 294 Å². The quantitative estimate of drug-likeness (QED) is 0.0668. The molecule has 0 saturated carbocycles. The van der Waals surface area contributed by atoms with Gasteiger partial charge >= 0.3 is 5.97 Å².